The molecule has 0 spiro atoms. The van der Waals surface area contributed by atoms with Crippen molar-refractivity contribution in [3.63, 3.8) is 0 Å². The Morgan fingerprint density at radius 3 is 3.07 bits per heavy atom. The number of H-pyrrole nitrogens is 1. The van der Waals surface area contributed by atoms with E-state index in [2.05, 4.69) is 14.7 Å². The standard InChI is InChI=1S/C9H12N2O3S/c1-6(3-9(13)14-2)15-8-4-7(12)10-5-11-8/h4-6H,3H2,1-2H3,(H,10,11,12). The molecule has 1 aromatic rings. The lowest BCUT2D eigenvalue weighted by atomic mass is 10.3. The molecule has 0 saturated heterocycles. The Bertz CT molecular complexity index is 391. The number of nitrogens with one attached hydrogen (secondary N) is 1. The number of nitrogens with zero attached hydrogens (tertiary/aromatic N) is 1. The van der Waals surface area contributed by atoms with Crippen molar-refractivity contribution in [1.29, 1.82) is 0 Å². The first-order valence-corrected chi connectivity index (χ1v) is 5.28. The van der Waals surface area contributed by atoms with Crippen LogP contribution in [-0.2, 0) is 9.53 Å². The number of carbonyl (C=O) groups is 1. The van der Waals surface area contributed by atoms with Gasteiger partial charge in [-0.05, 0) is 0 Å². The van der Waals surface area contributed by atoms with Crippen LogP contribution in [0, 0.1) is 0 Å². The average Bonchev–Trinajstić information content (AvgIpc) is 2.17. The molecule has 0 aliphatic rings. The summed E-state index contributed by atoms with van der Waals surface area (Å²) < 4.78 is 4.54. The van der Waals surface area contributed by atoms with Crippen molar-refractivity contribution >= 4 is 17.7 Å². The summed E-state index contributed by atoms with van der Waals surface area (Å²) in [7, 11) is 1.35. The summed E-state index contributed by atoms with van der Waals surface area (Å²) in [4.78, 5) is 28.3. The van der Waals surface area contributed by atoms with Crippen LogP contribution in [0.3, 0.4) is 0 Å². The van der Waals surface area contributed by atoms with Gasteiger partial charge in [0.05, 0.1) is 19.9 Å². The van der Waals surface area contributed by atoms with Gasteiger partial charge in [-0.1, -0.05) is 6.92 Å². The van der Waals surface area contributed by atoms with Crippen LogP contribution in [0.15, 0.2) is 22.2 Å². The monoisotopic (exact) mass is 228 g/mol. The van der Waals surface area contributed by atoms with Gasteiger partial charge in [-0.15, -0.1) is 11.8 Å². The van der Waals surface area contributed by atoms with Crippen LogP contribution in [0.5, 0.6) is 0 Å². The molecule has 82 valence electrons. The Kier molecular flexibility index (Phi) is 4.36. The van der Waals surface area contributed by atoms with E-state index in [1.807, 2.05) is 6.92 Å². The normalized spacial score (nSPS) is 12.1. The zero-order valence-corrected chi connectivity index (χ0v) is 9.34. The number of carbonyl (C=O) groups excluding carboxylic acids is 1. The van der Waals surface area contributed by atoms with Gasteiger partial charge >= 0.3 is 5.97 Å². The van der Waals surface area contributed by atoms with Gasteiger partial charge < -0.3 is 9.72 Å². The predicted octanol–water partition coefficient (Wildman–Crippen LogP) is 0.814. The number of aromatic amines is 1. The molecule has 1 N–H and O–H groups in total. The van der Waals surface area contributed by atoms with Crippen molar-refractivity contribution in [2.75, 3.05) is 7.11 Å². The van der Waals surface area contributed by atoms with E-state index in [0.29, 0.717) is 11.4 Å². The van der Waals surface area contributed by atoms with Gasteiger partial charge in [0.25, 0.3) is 5.56 Å². The number of rotatable bonds is 4. The lowest BCUT2D eigenvalue weighted by Gasteiger charge is -2.07. The van der Waals surface area contributed by atoms with Crippen LogP contribution in [0.25, 0.3) is 0 Å². The number of hydrogen-bond acceptors (Lipinski definition) is 5. The van der Waals surface area contributed by atoms with Gasteiger partial charge in [0.15, 0.2) is 0 Å². The molecule has 15 heavy (non-hydrogen) atoms. The fourth-order valence-electron chi connectivity index (χ4n) is 0.981. The quantitative estimate of drug-likeness (QED) is 0.469. The molecule has 0 aromatic carbocycles. The van der Waals surface area contributed by atoms with Gasteiger partial charge in [0, 0.05) is 11.3 Å². The van der Waals surface area contributed by atoms with Crippen LogP contribution in [0.4, 0.5) is 0 Å². The second kappa shape index (κ2) is 5.55. The van der Waals surface area contributed by atoms with Crippen LogP contribution in [-0.4, -0.2) is 28.3 Å². The van der Waals surface area contributed by atoms with E-state index >= 15 is 0 Å². The SMILES string of the molecule is COC(=O)CC(C)Sc1cc(=O)[nH]cn1. The van der Waals surface area contributed by atoms with Crippen molar-refractivity contribution in [3.05, 3.63) is 22.7 Å². The molecule has 1 unspecified atom stereocenters. The topological polar surface area (TPSA) is 72.1 Å². The van der Waals surface area contributed by atoms with E-state index in [-0.39, 0.29) is 16.8 Å². The molecule has 1 aromatic heterocycles. The van der Waals surface area contributed by atoms with Gasteiger partial charge in [0.1, 0.15) is 5.03 Å². The molecule has 0 radical (unpaired) electrons. The highest BCUT2D eigenvalue weighted by Gasteiger charge is 2.11. The molecule has 0 amide bonds. The highest BCUT2D eigenvalue weighted by molar-refractivity contribution is 7.99. The van der Waals surface area contributed by atoms with Crippen LogP contribution >= 0.6 is 11.8 Å². The van der Waals surface area contributed by atoms with Crippen molar-refractivity contribution < 1.29 is 9.53 Å². The third-order valence-electron chi connectivity index (χ3n) is 1.66. The van der Waals surface area contributed by atoms with Crippen LogP contribution in [0.2, 0.25) is 0 Å². The highest BCUT2D eigenvalue weighted by atomic mass is 32.2. The Hall–Kier alpha value is -1.30. The molecule has 1 rings (SSSR count). The summed E-state index contributed by atoms with van der Waals surface area (Å²) in [5.74, 6) is -0.264. The summed E-state index contributed by atoms with van der Waals surface area (Å²) in [6.45, 7) is 1.88. The number of esters is 1. The van der Waals surface area contributed by atoms with Crippen molar-refractivity contribution in [2.24, 2.45) is 0 Å². The zero-order chi connectivity index (χ0) is 11.3. The molecule has 0 aliphatic heterocycles. The Morgan fingerprint density at radius 2 is 2.47 bits per heavy atom. The first-order chi connectivity index (χ1) is 7.11. The van der Waals surface area contributed by atoms with Crippen molar-refractivity contribution in [1.82, 2.24) is 9.97 Å². The third-order valence-corrected chi connectivity index (χ3v) is 2.69. The number of methoxy groups -OCH3 is 1. The first kappa shape index (κ1) is 11.8. The maximum atomic E-state index is 11.0. The van der Waals surface area contributed by atoms with E-state index in [1.54, 1.807) is 0 Å². The van der Waals surface area contributed by atoms with E-state index < -0.39 is 0 Å². The maximum absolute atomic E-state index is 11.0. The van der Waals surface area contributed by atoms with Gasteiger partial charge in [-0.2, -0.15) is 0 Å². The molecule has 0 saturated carbocycles. The van der Waals surface area contributed by atoms with E-state index in [0.717, 1.165) is 0 Å². The molecule has 1 heterocycles. The zero-order valence-electron chi connectivity index (χ0n) is 8.52. The molecule has 0 aliphatic carbocycles. The van der Waals surface area contributed by atoms with Gasteiger partial charge in [-0.3, -0.25) is 9.59 Å². The summed E-state index contributed by atoms with van der Waals surface area (Å²) in [6.07, 6.45) is 1.64. The number of thioether (sulfide) groups is 1. The van der Waals surface area contributed by atoms with Crippen LogP contribution in [0.1, 0.15) is 13.3 Å². The molecular formula is C9H12N2O3S. The first-order valence-electron chi connectivity index (χ1n) is 4.40. The molecule has 6 heteroatoms. The largest absolute Gasteiger partial charge is 0.469 e. The molecular weight excluding hydrogens is 216 g/mol. The fourth-order valence-corrected chi connectivity index (χ4v) is 1.90. The van der Waals surface area contributed by atoms with Gasteiger partial charge in [-0.25, -0.2) is 4.98 Å². The lowest BCUT2D eigenvalue weighted by molar-refractivity contribution is -0.140. The third kappa shape index (κ3) is 4.16. The number of hydrogen-bond donors (Lipinski definition) is 1. The van der Waals surface area contributed by atoms with Crippen molar-refractivity contribution in [3.8, 4) is 0 Å². The van der Waals surface area contributed by atoms with Gasteiger partial charge in [0.2, 0.25) is 0 Å². The maximum Gasteiger partial charge on any atom is 0.306 e. The smallest absolute Gasteiger partial charge is 0.306 e. The Balaban J connectivity index is 2.54. The fraction of sp³-hybridized carbons (Fsp3) is 0.444. The Labute approximate surface area is 91.3 Å². The molecule has 5 nitrogen and oxygen atoms in total. The number of ether oxygens (including phenoxy) is 1. The average molecular weight is 228 g/mol. The summed E-state index contributed by atoms with van der Waals surface area (Å²) in [5, 5.41) is 0.641. The molecule has 0 fully saturated rings. The summed E-state index contributed by atoms with van der Waals surface area (Å²) >= 11 is 1.37. The highest BCUT2D eigenvalue weighted by Crippen LogP contribution is 2.21. The van der Waals surface area contributed by atoms with Crippen molar-refractivity contribution in [2.45, 2.75) is 23.6 Å². The summed E-state index contributed by atoms with van der Waals surface area (Å²) in [6, 6.07) is 1.40. The van der Waals surface area contributed by atoms with E-state index in [1.165, 1.54) is 31.3 Å². The number of aromatic nitrogens is 2. The lowest BCUT2D eigenvalue weighted by Crippen LogP contribution is -2.10. The minimum Gasteiger partial charge on any atom is -0.469 e. The second-order valence-corrected chi connectivity index (χ2v) is 4.42. The second-order valence-electron chi connectivity index (χ2n) is 2.96. The van der Waals surface area contributed by atoms with E-state index in [9.17, 15) is 9.59 Å². The minimum atomic E-state index is -0.264. The van der Waals surface area contributed by atoms with Crippen LogP contribution < -0.4 is 5.56 Å². The predicted molar refractivity (Wildman–Crippen MR) is 56.8 cm³/mol. The molecule has 1 atom stereocenters. The Morgan fingerprint density at radius 1 is 1.73 bits per heavy atom. The summed E-state index contributed by atoms with van der Waals surface area (Å²) in [5.41, 5.74) is -0.197. The molecule has 0 bridgehead atoms. The minimum absolute atomic E-state index is 0.0340. The van der Waals surface area contributed by atoms with E-state index in [4.69, 9.17) is 0 Å².